The molecular weight excluding hydrogens is 290 g/mol. The summed E-state index contributed by atoms with van der Waals surface area (Å²) in [5, 5.41) is 5.65. The Hall–Kier alpha value is -2.82. The smallest absolute Gasteiger partial charge is 0.321 e. The summed E-state index contributed by atoms with van der Waals surface area (Å²) >= 11 is 0. The molecule has 0 radical (unpaired) electrons. The van der Waals surface area contributed by atoms with E-state index in [2.05, 4.69) is 10.6 Å². The molecule has 2 N–H and O–H groups in total. The number of rotatable bonds is 5. The Kier molecular flexibility index (Phi) is 4.57. The van der Waals surface area contributed by atoms with Crippen LogP contribution in [-0.2, 0) is 11.2 Å². The molecule has 0 spiro atoms. The van der Waals surface area contributed by atoms with Crippen molar-refractivity contribution in [3.63, 3.8) is 0 Å². The van der Waals surface area contributed by atoms with Crippen molar-refractivity contribution in [1.82, 2.24) is 5.32 Å². The summed E-state index contributed by atoms with van der Waals surface area (Å²) in [5.41, 5.74) is 2.73. The number of carbonyl (C=O) groups excluding carboxylic acids is 2. The van der Waals surface area contributed by atoms with Crippen LogP contribution in [0.2, 0.25) is 0 Å². The van der Waals surface area contributed by atoms with Crippen molar-refractivity contribution in [2.45, 2.75) is 12.8 Å². The standard InChI is InChI=1S/C18H19N3O2/c22-17(11-6-14-4-2-1-3-5-14)20-15-7-9-16(10-8-15)21-13-12-19-18(21)23/h1-5,7-10H,6,11-13H2,(H,19,23)(H,20,22). The lowest BCUT2D eigenvalue weighted by atomic mass is 10.1. The van der Waals surface area contributed by atoms with Gasteiger partial charge < -0.3 is 10.6 Å². The Labute approximate surface area is 135 Å². The Balaban J connectivity index is 1.53. The van der Waals surface area contributed by atoms with Crippen LogP contribution < -0.4 is 15.5 Å². The van der Waals surface area contributed by atoms with Crippen LogP contribution in [0.15, 0.2) is 54.6 Å². The third kappa shape index (κ3) is 3.88. The first kappa shape index (κ1) is 15.1. The number of anilines is 2. The van der Waals surface area contributed by atoms with Gasteiger partial charge in [-0.2, -0.15) is 0 Å². The van der Waals surface area contributed by atoms with Crippen LogP contribution in [0.3, 0.4) is 0 Å². The Bertz CT molecular complexity index is 683. The van der Waals surface area contributed by atoms with Crippen molar-refractivity contribution in [2.75, 3.05) is 23.3 Å². The summed E-state index contributed by atoms with van der Waals surface area (Å²) in [4.78, 5) is 25.3. The zero-order chi connectivity index (χ0) is 16.1. The number of hydrogen-bond acceptors (Lipinski definition) is 2. The van der Waals surface area contributed by atoms with Crippen LogP contribution in [0.25, 0.3) is 0 Å². The zero-order valence-corrected chi connectivity index (χ0v) is 12.8. The van der Waals surface area contributed by atoms with Gasteiger partial charge in [0.25, 0.3) is 0 Å². The van der Waals surface area contributed by atoms with Crippen LogP contribution in [-0.4, -0.2) is 25.0 Å². The number of urea groups is 1. The van der Waals surface area contributed by atoms with E-state index in [0.717, 1.165) is 23.4 Å². The fourth-order valence-electron chi connectivity index (χ4n) is 2.57. The van der Waals surface area contributed by atoms with E-state index < -0.39 is 0 Å². The summed E-state index contributed by atoms with van der Waals surface area (Å²) in [6, 6.07) is 17.2. The lowest BCUT2D eigenvalue weighted by molar-refractivity contribution is -0.116. The van der Waals surface area contributed by atoms with Crippen molar-refractivity contribution in [1.29, 1.82) is 0 Å². The Morgan fingerprint density at radius 2 is 1.83 bits per heavy atom. The van der Waals surface area contributed by atoms with E-state index in [4.69, 9.17) is 0 Å². The SMILES string of the molecule is O=C(CCc1ccccc1)Nc1ccc(N2CCNC2=O)cc1. The highest BCUT2D eigenvalue weighted by Gasteiger charge is 2.20. The van der Waals surface area contributed by atoms with Gasteiger partial charge in [-0.3, -0.25) is 9.69 Å². The summed E-state index contributed by atoms with van der Waals surface area (Å²) in [5.74, 6) is -0.0134. The molecule has 1 aliphatic rings. The molecule has 2 aromatic rings. The molecule has 0 aromatic heterocycles. The molecule has 0 bridgehead atoms. The van der Waals surface area contributed by atoms with Crippen molar-refractivity contribution in [3.05, 3.63) is 60.2 Å². The minimum atomic E-state index is -0.0790. The highest BCUT2D eigenvalue weighted by molar-refractivity contribution is 5.95. The fourth-order valence-corrected chi connectivity index (χ4v) is 2.57. The van der Waals surface area contributed by atoms with Gasteiger partial charge in [-0.15, -0.1) is 0 Å². The van der Waals surface area contributed by atoms with Gasteiger partial charge in [-0.05, 0) is 36.2 Å². The van der Waals surface area contributed by atoms with Gasteiger partial charge in [0.15, 0.2) is 0 Å². The topological polar surface area (TPSA) is 61.4 Å². The van der Waals surface area contributed by atoms with Crippen LogP contribution >= 0.6 is 0 Å². The molecule has 2 aromatic carbocycles. The molecule has 3 rings (SSSR count). The van der Waals surface area contributed by atoms with E-state index in [9.17, 15) is 9.59 Å². The van der Waals surface area contributed by atoms with Gasteiger partial charge in [0, 0.05) is 30.9 Å². The maximum atomic E-state index is 12.0. The summed E-state index contributed by atoms with van der Waals surface area (Å²) in [6.45, 7) is 1.33. The predicted molar refractivity (Wildman–Crippen MR) is 90.6 cm³/mol. The monoisotopic (exact) mass is 309 g/mol. The molecule has 3 amide bonds. The number of hydrogen-bond donors (Lipinski definition) is 2. The lowest BCUT2D eigenvalue weighted by Gasteiger charge is -2.14. The molecule has 23 heavy (non-hydrogen) atoms. The molecule has 0 aliphatic carbocycles. The van der Waals surface area contributed by atoms with Crippen LogP contribution in [0.4, 0.5) is 16.2 Å². The second kappa shape index (κ2) is 6.96. The van der Waals surface area contributed by atoms with Crippen molar-refractivity contribution in [2.24, 2.45) is 0 Å². The molecule has 1 aliphatic heterocycles. The summed E-state index contributed by atoms with van der Waals surface area (Å²) < 4.78 is 0. The van der Waals surface area contributed by atoms with Gasteiger partial charge in [-0.1, -0.05) is 30.3 Å². The van der Waals surface area contributed by atoms with E-state index >= 15 is 0 Å². The maximum Gasteiger partial charge on any atom is 0.321 e. The molecule has 118 valence electrons. The van der Waals surface area contributed by atoms with Gasteiger partial charge in [0.2, 0.25) is 5.91 Å². The van der Waals surface area contributed by atoms with E-state index in [-0.39, 0.29) is 11.9 Å². The summed E-state index contributed by atoms with van der Waals surface area (Å²) in [7, 11) is 0. The van der Waals surface area contributed by atoms with E-state index in [1.165, 1.54) is 0 Å². The van der Waals surface area contributed by atoms with Gasteiger partial charge >= 0.3 is 6.03 Å². The van der Waals surface area contributed by atoms with Gasteiger partial charge in [0.1, 0.15) is 0 Å². The lowest BCUT2D eigenvalue weighted by Crippen LogP contribution is -2.27. The van der Waals surface area contributed by atoms with E-state index in [0.29, 0.717) is 19.5 Å². The van der Waals surface area contributed by atoms with Crippen LogP contribution in [0, 0.1) is 0 Å². The molecule has 0 saturated carbocycles. The predicted octanol–water partition coefficient (Wildman–Crippen LogP) is 2.79. The third-order valence-corrected chi connectivity index (χ3v) is 3.80. The minimum Gasteiger partial charge on any atom is -0.336 e. The molecule has 1 heterocycles. The zero-order valence-electron chi connectivity index (χ0n) is 12.8. The third-order valence-electron chi connectivity index (χ3n) is 3.80. The first-order valence-corrected chi connectivity index (χ1v) is 7.71. The molecule has 1 saturated heterocycles. The number of aryl methyl sites for hydroxylation is 1. The number of amides is 3. The second-order valence-corrected chi connectivity index (χ2v) is 5.46. The van der Waals surface area contributed by atoms with Crippen molar-refractivity contribution >= 4 is 23.3 Å². The molecule has 5 heteroatoms. The van der Waals surface area contributed by atoms with E-state index in [1.54, 1.807) is 4.90 Å². The average Bonchev–Trinajstić information content (AvgIpc) is 3.01. The number of benzene rings is 2. The second-order valence-electron chi connectivity index (χ2n) is 5.46. The average molecular weight is 309 g/mol. The van der Waals surface area contributed by atoms with Crippen LogP contribution in [0.1, 0.15) is 12.0 Å². The Morgan fingerprint density at radius 3 is 2.48 bits per heavy atom. The molecule has 0 atom stereocenters. The Morgan fingerprint density at radius 1 is 1.09 bits per heavy atom. The van der Waals surface area contributed by atoms with E-state index in [1.807, 2.05) is 54.6 Å². The van der Waals surface area contributed by atoms with Gasteiger partial charge in [-0.25, -0.2) is 4.79 Å². The van der Waals surface area contributed by atoms with Gasteiger partial charge in [0.05, 0.1) is 0 Å². The molecule has 1 fully saturated rings. The van der Waals surface area contributed by atoms with Crippen molar-refractivity contribution in [3.8, 4) is 0 Å². The maximum absolute atomic E-state index is 12.0. The summed E-state index contributed by atoms with van der Waals surface area (Å²) in [6.07, 6.45) is 1.17. The van der Waals surface area contributed by atoms with Crippen molar-refractivity contribution < 1.29 is 9.59 Å². The molecule has 0 unspecified atom stereocenters. The highest BCUT2D eigenvalue weighted by Crippen LogP contribution is 2.19. The molecular formula is C18H19N3O2. The number of nitrogens with one attached hydrogen (secondary N) is 2. The minimum absolute atomic E-state index is 0.0134. The number of nitrogens with zero attached hydrogens (tertiary/aromatic N) is 1. The fraction of sp³-hybridized carbons (Fsp3) is 0.222. The highest BCUT2D eigenvalue weighted by atomic mass is 16.2. The molecule has 5 nitrogen and oxygen atoms in total. The quantitative estimate of drug-likeness (QED) is 0.892. The first-order valence-electron chi connectivity index (χ1n) is 7.71. The number of carbonyl (C=O) groups is 2. The van der Waals surface area contributed by atoms with Crippen LogP contribution in [0.5, 0.6) is 0 Å². The first-order chi connectivity index (χ1) is 11.2. The normalized spacial score (nSPS) is 13.7. The largest absolute Gasteiger partial charge is 0.336 e.